The molecule has 1 aliphatic rings. The molecule has 1 unspecified atom stereocenters. The molecule has 0 aliphatic carbocycles. The van der Waals surface area contributed by atoms with E-state index in [4.69, 9.17) is 0 Å². The Balaban J connectivity index is 2.48. The molecule has 0 saturated carbocycles. The van der Waals surface area contributed by atoms with Crippen LogP contribution >= 0.6 is 0 Å². The molecule has 1 fully saturated rings. The maximum atomic E-state index is 12.0. The molecule has 0 radical (unpaired) electrons. The minimum atomic E-state index is -3.16. The lowest BCUT2D eigenvalue weighted by Gasteiger charge is -2.48. The third-order valence-electron chi connectivity index (χ3n) is 4.65. The lowest BCUT2D eigenvalue weighted by molar-refractivity contribution is 0.0345. The summed E-state index contributed by atoms with van der Waals surface area (Å²) in [6.07, 6.45) is 1.31. The van der Waals surface area contributed by atoms with Crippen LogP contribution < -0.4 is 0 Å². The average Bonchev–Trinajstić information content (AvgIpc) is 2.44. The molecule has 1 saturated heterocycles. The smallest absolute Gasteiger partial charge is 0.211 e. The third kappa shape index (κ3) is 4.14. The zero-order valence-corrected chi connectivity index (χ0v) is 16.0. The van der Waals surface area contributed by atoms with E-state index in [1.807, 2.05) is 0 Å². The largest absolute Gasteiger partial charge is 0.289 e. The first-order chi connectivity index (χ1) is 10.5. The fourth-order valence-electron chi connectivity index (χ4n) is 3.47. The van der Waals surface area contributed by atoms with E-state index in [1.165, 1.54) is 17.4 Å². The Hall–Kier alpha value is -0.910. The van der Waals surface area contributed by atoms with E-state index in [0.29, 0.717) is 19.0 Å². The molecular weight excluding hydrogens is 308 g/mol. The van der Waals surface area contributed by atoms with Gasteiger partial charge in [-0.3, -0.25) is 4.90 Å². The Bertz CT molecular complexity index is 647. The van der Waals surface area contributed by atoms with Crippen molar-refractivity contribution >= 4 is 10.0 Å². The molecule has 1 heterocycles. The van der Waals surface area contributed by atoms with Gasteiger partial charge in [0.25, 0.3) is 0 Å². The number of hydrogen-bond acceptors (Lipinski definition) is 3. The summed E-state index contributed by atoms with van der Waals surface area (Å²) in [7, 11) is -3.16. The van der Waals surface area contributed by atoms with Crippen LogP contribution in [-0.2, 0) is 10.0 Å². The molecule has 4 nitrogen and oxygen atoms in total. The summed E-state index contributed by atoms with van der Waals surface area (Å²) in [5.74, 6) is 0.418. The van der Waals surface area contributed by atoms with Crippen LogP contribution in [0.25, 0.3) is 0 Å². The Morgan fingerprint density at radius 3 is 2.26 bits per heavy atom. The molecule has 0 aromatic heterocycles. The van der Waals surface area contributed by atoms with Crippen LogP contribution in [0.3, 0.4) is 0 Å². The van der Waals surface area contributed by atoms with Gasteiger partial charge in [0.1, 0.15) is 0 Å². The number of hydrogen-bond donors (Lipinski definition) is 0. The van der Waals surface area contributed by atoms with Crippen LogP contribution in [0.5, 0.6) is 0 Å². The van der Waals surface area contributed by atoms with E-state index >= 15 is 0 Å². The Morgan fingerprint density at radius 1 is 1.13 bits per heavy atom. The molecule has 0 N–H and O–H groups in total. The van der Waals surface area contributed by atoms with E-state index in [0.717, 1.165) is 6.54 Å². The summed E-state index contributed by atoms with van der Waals surface area (Å²) < 4.78 is 25.7. The Morgan fingerprint density at radius 2 is 1.74 bits per heavy atom. The average molecular weight is 339 g/mol. The first-order valence-corrected chi connectivity index (χ1v) is 10.2. The Labute approximate surface area is 141 Å². The predicted molar refractivity (Wildman–Crippen MR) is 96.1 cm³/mol. The summed E-state index contributed by atoms with van der Waals surface area (Å²) in [5, 5.41) is 0. The van der Waals surface area contributed by atoms with Gasteiger partial charge in [-0.1, -0.05) is 38.1 Å². The van der Waals surface area contributed by atoms with E-state index in [9.17, 15) is 8.42 Å². The standard InChI is InChI=1S/C18H30N2O2S/c1-14(2)15-9-7-8-10-16(15)17-13-19(23(6,21)22)11-12-20(17)18(3,4)5/h7-10,14,17H,11-13H2,1-6H3. The Kier molecular flexibility index (Phi) is 5.24. The molecule has 2 rings (SSSR count). The molecule has 1 aliphatic heterocycles. The van der Waals surface area contributed by atoms with E-state index < -0.39 is 10.0 Å². The molecular formula is C18H30N2O2S. The first kappa shape index (κ1) is 18.4. The molecule has 0 spiro atoms. The molecule has 23 heavy (non-hydrogen) atoms. The lowest BCUT2D eigenvalue weighted by Crippen LogP contribution is -2.56. The minimum Gasteiger partial charge on any atom is -0.289 e. The van der Waals surface area contributed by atoms with Gasteiger partial charge in [-0.15, -0.1) is 0 Å². The second-order valence-electron chi connectivity index (χ2n) is 7.78. The van der Waals surface area contributed by atoms with Crippen LogP contribution in [0.4, 0.5) is 0 Å². The lowest BCUT2D eigenvalue weighted by atomic mass is 9.89. The van der Waals surface area contributed by atoms with Crippen LogP contribution in [0.1, 0.15) is 57.7 Å². The fourth-order valence-corrected chi connectivity index (χ4v) is 4.29. The van der Waals surface area contributed by atoms with Gasteiger partial charge in [0.2, 0.25) is 10.0 Å². The van der Waals surface area contributed by atoms with Crippen LogP contribution in [0.2, 0.25) is 0 Å². The van der Waals surface area contributed by atoms with Crippen molar-refractivity contribution in [3.8, 4) is 0 Å². The van der Waals surface area contributed by atoms with Gasteiger partial charge in [0.05, 0.1) is 6.26 Å². The van der Waals surface area contributed by atoms with Gasteiger partial charge in [-0.2, -0.15) is 4.31 Å². The molecule has 130 valence electrons. The summed E-state index contributed by atoms with van der Waals surface area (Å²) in [6.45, 7) is 12.8. The second kappa shape index (κ2) is 6.54. The van der Waals surface area contributed by atoms with E-state index in [1.54, 1.807) is 4.31 Å². The maximum Gasteiger partial charge on any atom is 0.211 e. The van der Waals surface area contributed by atoms with Crippen molar-refractivity contribution in [3.63, 3.8) is 0 Å². The highest BCUT2D eigenvalue weighted by molar-refractivity contribution is 7.88. The van der Waals surface area contributed by atoms with E-state index in [-0.39, 0.29) is 11.6 Å². The van der Waals surface area contributed by atoms with Crippen LogP contribution in [0, 0.1) is 0 Å². The molecule has 0 amide bonds. The summed E-state index contributed by atoms with van der Waals surface area (Å²) in [5.41, 5.74) is 2.56. The number of sulfonamides is 1. The van der Waals surface area contributed by atoms with Gasteiger partial charge in [0, 0.05) is 31.2 Å². The first-order valence-electron chi connectivity index (χ1n) is 8.32. The summed E-state index contributed by atoms with van der Waals surface area (Å²) in [6, 6.07) is 8.54. The number of nitrogens with zero attached hydrogens (tertiary/aromatic N) is 2. The fraction of sp³-hybridized carbons (Fsp3) is 0.667. The maximum absolute atomic E-state index is 12.0. The van der Waals surface area contributed by atoms with Crippen molar-refractivity contribution in [1.82, 2.24) is 9.21 Å². The second-order valence-corrected chi connectivity index (χ2v) is 9.77. The van der Waals surface area contributed by atoms with Gasteiger partial charge < -0.3 is 0 Å². The van der Waals surface area contributed by atoms with Crippen LogP contribution in [0.15, 0.2) is 24.3 Å². The molecule has 1 aromatic carbocycles. The van der Waals surface area contributed by atoms with Gasteiger partial charge >= 0.3 is 0 Å². The monoisotopic (exact) mass is 338 g/mol. The number of benzene rings is 1. The summed E-state index contributed by atoms with van der Waals surface area (Å²) >= 11 is 0. The van der Waals surface area contributed by atoms with Gasteiger partial charge in [-0.25, -0.2) is 8.42 Å². The van der Waals surface area contributed by atoms with Crippen molar-refractivity contribution in [1.29, 1.82) is 0 Å². The van der Waals surface area contributed by atoms with Gasteiger partial charge in [-0.05, 0) is 37.8 Å². The van der Waals surface area contributed by atoms with Crippen molar-refractivity contribution in [2.75, 3.05) is 25.9 Å². The SMILES string of the molecule is CC(C)c1ccccc1C1CN(S(C)(=O)=O)CCN1C(C)(C)C. The van der Waals surface area contributed by atoms with Gasteiger partial charge in [0.15, 0.2) is 0 Å². The van der Waals surface area contributed by atoms with E-state index in [2.05, 4.69) is 63.8 Å². The molecule has 1 atom stereocenters. The highest BCUT2D eigenvalue weighted by atomic mass is 32.2. The van der Waals surface area contributed by atoms with Crippen molar-refractivity contribution in [2.24, 2.45) is 0 Å². The number of rotatable bonds is 3. The highest BCUT2D eigenvalue weighted by Crippen LogP contribution is 2.36. The molecule has 5 heteroatoms. The van der Waals surface area contributed by atoms with Crippen molar-refractivity contribution in [3.05, 3.63) is 35.4 Å². The zero-order valence-electron chi connectivity index (χ0n) is 15.2. The topological polar surface area (TPSA) is 40.6 Å². The van der Waals surface area contributed by atoms with Crippen molar-refractivity contribution < 1.29 is 8.42 Å². The normalized spacial score (nSPS) is 21.8. The molecule has 0 bridgehead atoms. The third-order valence-corrected chi connectivity index (χ3v) is 5.92. The quantitative estimate of drug-likeness (QED) is 0.849. The minimum absolute atomic E-state index is 0.00164. The summed E-state index contributed by atoms with van der Waals surface area (Å²) in [4.78, 5) is 2.44. The highest BCUT2D eigenvalue weighted by Gasteiger charge is 2.38. The zero-order chi connectivity index (χ0) is 17.4. The van der Waals surface area contributed by atoms with Crippen LogP contribution in [-0.4, -0.2) is 49.1 Å². The number of piperazine rings is 1. The predicted octanol–water partition coefficient (Wildman–Crippen LogP) is 3.23. The molecule has 1 aromatic rings. The van der Waals surface area contributed by atoms with Crippen molar-refractivity contribution in [2.45, 2.75) is 52.1 Å².